The maximum absolute atomic E-state index is 3.28. The second-order valence-electron chi connectivity index (χ2n) is 5.03. The Morgan fingerprint density at radius 2 is 1.85 bits per heavy atom. The Morgan fingerprint density at radius 3 is 2.65 bits per heavy atom. The van der Waals surface area contributed by atoms with Crippen LogP contribution < -0.4 is 5.32 Å². The van der Waals surface area contributed by atoms with Crippen LogP contribution in [0.25, 0.3) is 10.8 Å². The molecule has 1 aromatic heterocycles. The Morgan fingerprint density at radius 1 is 1.00 bits per heavy atom. The fraction of sp³-hybridized carbons (Fsp3) is 0.222. The molecular weight excluding hydrogens is 262 g/mol. The van der Waals surface area contributed by atoms with Crippen molar-refractivity contribution in [2.24, 2.45) is 0 Å². The van der Waals surface area contributed by atoms with Crippen molar-refractivity contribution in [1.29, 1.82) is 0 Å². The van der Waals surface area contributed by atoms with Crippen LogP contribution in [0.3, 0.4) is 0 Å². The lowest BCUT2D eigenvalue weighted by molar-refractivity contribution is 0.671. The van der Waals surface area contributed by atoms with Gasteiger partial charge in [0.1, 0.15) is 0 Å². The predicted octanol–water partition coefficient (Wildman–Crippen LogP) is 4.64. The molecule has 0 aliphatic carbocycles. The predicted molar refractivity (Wildman–Crippen MR) is 88.7 cm³/mol. The first kappa shape index (κ1) is 13.3. The lowest BCUT2D eigenvalue weighted by Crippen LogP contribution is -2.12. The quantitative estimate of drug-likeness (QED) is 0.718. The van der Waals surface area contributed by atoms with Crippen LogP contribution in [0.15, 0.2) is 60.0 Å². The molecule has 0 aliphatic rings. The van der Waals surface area contributed by atoms with Crippen LogP contribution in [-0.2, 0) is 0 Å². The Balaban J connectivity index is 2.09. The smallest absolute Gasteiger partial charge is 0.0202 e. The zero-order valence-corrected chi connectivity index (χ0v) is 12.5. The molecule has 20 heavy (non-hydrogen) atoms. The van der Waals surface area contributed by atoms with Crippen molar-refractivity contribution >= 4 is 22.1 Å². The molecule has 0 saturated heterocycles. The maximum atomic E-state index is 3.28. The second-order valence-corrected chi connectivity index (χ2v) is 6.01. The molecule has 0 saturated carbocycles. The minimum atomic E-state index is 0.480. The molecule has 0 fully saturated rings. The number of nitrogens with one attached hydrogen (secondary N) is 1. The second kappa shape index (κ2) is 6.21. The summed E-state index contributed by atoms with van der Waals surface area (Å²) in [4.78, 5) is 1.46. The molecule has 1 nitrogen and oxygen atoms in total. The number of thiophene rings is 1. The molecule has 2 aromatic carbocycles. The van der Waals surface area contributed by atoms with Crippen molar-refractivity contribution in [3.05, 3.63) is 70.4 Å². The summed E-state index contributed by atoms with van der Waals surface area (Å²) < 4.78 is 0. The summed E-state index contributed by atoms with van der Waals surface area (Å²) in [7, 11) is 2.02. The molecule has 0 spiro atoms. The highest BCUT2D eigenvalue weighted by Crippen LogP contribution is 2.35. The molecule has 0 radical (unpaired) electrons. The SMILES string of the molecule is CNCC[C@H](c1cccs1)c1cccc2ccccc12. The van der Waals surface area contributed by atoms with Gasteiger partial charge >= 0.3 is 0 Å². The fourth-order valence-electron chi connectivity index (χ4n) is 2.78. The summed E-state index contributed by atoms with van der Waals surface area (Å²) in [6.45, 7) is 1.03. The molecule has 1 N–H and O–H groups in total. The number of benzene rings is 2. The molecule has 0 bridgehead atoms. The Bertz CT molecular complexity index is 667. The van der Waals surface area contributed by atoms with Crippen LogP contribution in [0.2, 0.25) is 0 Å². The molecule has 2 heteroatoms. The number of rotatable bonds is 5. The van der Waals surface area contributed by atoms with Crippen molar-refractivity contribution in [3.63, 3.8) is 0 Å². The first-order valence-corrected chi connectivity index (χ1v) is 7.94. The molecular formula is C18H19NS. The monoisotopic (exact) mass is 281 g/mol. The van der Waals surface area contributed by atoms with Gasteiger partial charge in [0, 0.05) is 10.8 Å². The largest absolute Gasteiger partial charge is 0.320 e. The van der Waals surface area contributed by atoms with E-state index in [1.165, 1.54) is 21.2 Å². The van der Waals surface area contributed by atoms with Crippen molar-refractivity contribution in [3.8, 4) is 0 Å². The van der Waals surface area contributed by atoms with Crippen LogP contribution >= 0.6 is 11.3 Å². The normalized spacial score (nSPS) is 12.7. The average molecular weight is 281 g/mol. The summed E-state index contributed by atoms with van der Waals surface area (Å²) in [5.41, 5.74) is 1.45. The summed E-state index contributed by atoms with van der Waals surface area (Å²) in [6.07, 6.45) is 1.13. The third-order valence-corrected chi connectivity index (χ3v) is 4.75. The molecule has 3 aromatic rings. The van der Waals surface area contributed by atoms with Gasteiger partial charge in [0.15, 0.2) is 0 Å². The standard InChI is InChI=1S/C18H19NS/c1-19-12-11-17(18-10-5-13-20-18)16-9-4-7-14-6-2-3-8-15(14)16/h2-10,13,17,19H,11-12H2,1H3/t17-/m0/s1. The van der Waals surface area contributed by atoms with Crippen LogP contribution in [0.1, 0.15) is 22.8 Å². The number of hydrogen-bond acceptors (Lipinski definition) is 2. The lowest BCUT2D eigenvalue weighted by Gasteiger charge is -2.18. The highest BCUT2D eigenvalue weighted by Gasteiger charge is 2.16. The fourth-order valence-corrected chi connectivity index (χ4v) is 3.66. The lowest BCUT2D eigenvalue weighted by atomic mass is 9.90. The molecule has 0 unspecified atom stereocenters. The Labute approximate surface area is 124 Å². The van der Waals surface area contributed by atoms with Gasteiger partial charge in [-0.25, -0.2) is 0 Å². The van der Waals surface area contributed by atoms with Gasteiger partial charge in [-0.05, 0) is 47.8 Å². The van der Waals surface area contributed by atoms with Gasteiger partial charge in [-0.2, -0.15) is 0 Å². The zero-order valence-electron chi connectivity index (χ0n) is 11.7. The van der Waals surface area contributed by atoms with Crippen molar-refractivity contribution in [2.75, 3.05) is 13.6 Å². The Hall–Kier alpha value is -1.64. The molecule has 1 atom stereocenters. The van der Waals surface area contributed by atoms with E-state index in [9.17, 15) is 0 Å². The van der Waals surface area contributed by atoms with Gasteiger partial charge in [0.25, 0.3) is 0 Å². The minimum Gasteiger partial charge on any atom is -0.320 e. The minimum absolute atomic E-state index is 0.480. The van der Waals surface area contributed by atoms with Crippen molar-refractivity contribution in [1.82, 2.24) is 5.32 Å². The zero-order chi connectivity index (χ0) is 13.8. The van der Waals surface area contributed by atoms with E-state index in [0.29, 0.717) is 5.92 Å². The highest BCUT2D eigenvalue weighted by atomic mass is 32.1. The van der Waals surface area contributed by atoms with Crippen LogP contribution in [-0.4, -0.2) is 13.6 Å². The number of fused-ring (bicyclic) bond motifs is 1. The molecule has 102 valence electrons. The Kier molecular flexibility index (Phi) is 4.14. The molecule has 1 heterocycles. The highest BCUT2D eigenvalue weighted by molar-refractivity contribution is 7.10. The van der Waals surface area contributed by atoms with Crippen molar-refractivity contribution < 1.29 is 0 Å². The number of hydrogen-bond donors (Lipinski definition) is 1. The van der Waals surface area contributed by atoms with Crippen LogP contribution in [0, 0.1) is 0 Å². The topological polar surface area (TPSA) is 12.0 Å². The van der Waals surface area contributed by atoms with Gasteiger partial charge in [-0.3, -0.25) is 0 Å². The summed E-state index contributed by atoms with van der Waals surface area (Å²) >= 11 is 1.86. The molecule has 0 amide bonds. The molecule has 3 rings (SSSR count). The van der Waals surface area contributed by atoms with Crippen LogP contribution in [0.5, 0.6) is 0 Å². The van der Waals surface area contributed by atoms with Gasteiger partial charge in [0.2, 0.25) is 0 Å². The van der Waals surface area contributed by atoms with E-state index in [1.54, 1.807) is 0 Å². The first-order valence-electron chi connectivity index (χ1n) is 7.06. The van der Waals surface area contributed by atoms with Gasteiger partial charge in [0.05, 0.1) is 0 Å². The average Bonchev–Trinajstić information content (AvgIpc) is 3.02. The van der Waals surface area contributed by atoms with E-state index in [1.807, 2.05) is 18.4 Å². The first-order chi connectivity index (χ1) is 9.90. The summed E-state index contributed by atoms with van der Waals surface area (Å²) in [6, 6.07) is 19.7. The summed E-state index contributed by atoms with van der Waals surface area (Å²) in [5.74, 6) is 0.480. The van der Waals surface area contributed by atoms with Crippen LogP contribution in [0.4, 0.5) is 0 Å². The van der Waals surface area contributed by atoms with Gasteiger partial charge in [-0.15, -0.1) is 11.3 Å². The van der Waals surface area contributed by atoms with E-state index in [0.717, 1.165) is 13.0 Å². The summed E-state index contributed by atoms with van der Waals surface area (Å²) in [5, 5.41) is 8.16. The van der Waals surface area contributed by atoms with E-state index < -0.39 is 0 Å². The third-order valence-electron chi connectivity index (χ3n) is 3.77. The van der Waals surface area contributed by atoms with E-state index in [4.69, 9.17) is 0 Å². The van der Waals surface area contributed by atoms with E-state index in [-0.39, 0.29) is 0 Å². The van der Waals surface area contributed by atoms with Crippen molar-refractivity contribution in [2.45, 2.75) is 12.3 Å². The van der Waals surface area contributed by atoms with E-state index in [2.05, 4.69) is 65.3 Å². The molecule has 0 aliphatic heterocycles. The van der Waals surface area contributed by atoms with E-state index >= 15 is 0 Å². The third kappa shape index (κ3) is 2.62. The van der Waals surface area contributed by atoms with Gasteiger partial charge in [-0.1, -0.05) is 48.5 Å². The van der Waals surface area contributed by atoms with Gasteiger partial charge < -0.3 is 5.32 Å². The maximum Gasteiger partial charge on any atom is 0.0202 e.